The lowest BCUT2D eigenvalue weighted by molar-refractivity contribution is -0.129. The van der Waals surface area contributed by atoms with Gasteiger partial charge in [-0.3, -0.25) is 14.2 Å². The molecule has 0 spiro atoms. The maximum Gasteiger partial charge on any atom is 0.349 e. The molecule has 0 aromatic carbocycles. The van der Waals surface area contributed by atoms with Crippen LogP contribution in [0, 0.1) is 6.92 Å². The van der Waals surface area contributed by atoms with Crippen molar-refractivity contribution >= 4 is 33.3 Å². The van der Waals surface area contributed by atoms with Gasteiger partial charge in [-0.2, -0.15) is 0 Å². The second-order valence-corrected chi connectivity index (χ2v) is 8.14. The number of ether oxygens (including phenoxy) is 1. The van der Waals surface area contributed by atoms with Crippen LogP contribution < -0.4 is 5.56 Å². The van der Waals surface area contributed by atoms with Crippen LogP contribution in [0.2, 0.25) is 0 Å². The molecule has 26 heavy (non-hydrogen) atoms. The molecule has 1 fully saturated rings. The van der Waals surface area contributed by atoms with Crippen LogP contribution in [-0.2, 0) is 22.5 Å². The van der Waals surface area contributed by atoms with Gasteiger partial charge >= 0.3 is 5.97 Å². The van der Waals surface area contributed by atoms with Gasteiger partial charge in [0, 0.05) is 19.4 Å². The number of aryl methyl sites for hydroxylation is 2. The van der Waals surface area contributed by atoms with Crippen LogP contribution >= 0.6 is 11.3 Å². The number of Topliss-reactive ketones (excluding diaryl/α,β-unsaturated/α-hetero) is 1. The number of hydrogen-bond acceptors (Lipinski definition) is 6. The normalized spacial score (nSPS) is 20.7. The van der Waals surface area contributed by atoms with Gasteiger partial charge in [0.25, 0.3) is 5.56 Å². The van der Waals surface area contributed by atoms with E-state index in [2.05, 4.69) is 4.98 Å². The van der Waals surface area contributed by atoms with Gasteiger partial charge in [-0.1, -0.05) is 6.42 Å². The Morgan fingerprint density at radius 3 is 2.77 bits per heavy atom. The minimum absolute atomic E-state index is 0.00623. The first-order valence-corrected chi connectivity index (χ1v) is 10.1. The van der Waals surface area contributed by atoms with Gasteiger partial charge in [0.05, 0.1) is 5.39 Å². The van der Waals surface area contributed by atoms with Crippen molar-refractivity contribution in [2.24, 2.45) is 0 Å². The van der Waals surface area contributed by atoms with Gasteiger partial charge in [-0.15, -0.1) is 11.3 Å². The number of rotatable bonds is 2. The number of thiophene rings is 1. The van der Waals surface area contributed by atoms with Crippen molar-refractivity contribution in [1.82, 2.24) is 9.55 Å². The SMILES string of the molecule is Cc1c(C(=O)OC2CCCCC2=O)sc2nc3n(c(=O)c12)CCCCC3. The zero-order chi connectivity index (χ0) is 18.3. The molecule has 3 heterocycles. The number of fused-ring (bicyclic) bond motifs is 2. The molecule has 2 aromatic heterocycles. The molecule has 7 heteroatoms. The quantitative estimate of drug-likeness (QED) is 0.755. The van der Waals surface area contributed by atoms with Crippen molar-refractivity contribution in [3.63, 3.8) is 0 Å². The molecule has 0 bridgehead atoms. The first-order chi connectivity index (χ1) is 12.6. The molecule has 2 aromatic rings. The average Bonchev–Trinajstić information content (AvgIpc) is 2.80. The van der Waals surface area contributed by atoms with E-state index < -0.39 is 12.1 Å². The van der Waals surface area contributed by atoms with Crippen molar-refractivity contribution in [2.75, 3.05) is 0 Å². The monoisotopic (exact) mass is 374 g/mol. The highest BCUT2D eigenvalue weighted by Gasteiger charge is 2.29. The fourth-order valence-corrected chi connectivity index (χ4v) is 4.94. The zero-order valence-corrected chi connectivity index (χ0v) is 15.7. The molecule has 0 N–H and O–H groups in total. The fraction of sp³-hybridized carbons (Fsp3) is 0.579. The first-order valence-electron chi connectivity index (χ1n) is 9.33. The summed E-state index contributed by atoms with van der Waals surface area (Å²) in [5, 5.41) is 0.516. The van der Waals surface area contributed by atoms with Crippen molar-refractivity contribution in [3.05, 3.63) is 26.6 Å². The summed E-state index contributed by atoms with van der Waals surface area (Å²) in [6, 6.07) is 0. The summed E-state index contributed by atoms with van der Waals surface area (Å²) in [7, 11) is 0. The number of esters is 1. The summed E-state index contributed by atoms with van der Waals surface area (Å²) in [5.74, 6) is 0.294. The molecule has 6 nitrogen and oxygen atoms in total. The van der Waals surface area contributed by atoms with E-state index in [1.807, 2.05) is 0 Å². The number of ketones is 1. The number of aromatic nitrogens is 2. The Morgan fingerprint density at radius 1 is 1.15 bits per heavy atom. The van der Waals surface area contributed by atoms with E-state index in [0.717, 1.165) is 44.3 Å². The molecule has 1 unspecified atom stereocenters. The Hall–Kier alpha value is -2.02. The molecule has 4 rings (SSSR count). The molecule has 1 aliphatic carbocycles. The lowest BCUT2D eigenvalue weighted by Gasteiger charge is -2.20. The number of nitrogens with zero attached hydrogens (tertiary/aromatic N) is 2. The molecule has 0 saturated heterocycles. The molecular weight excluding hydrogens is 352 g/mol. The highest BCUT2D eigenvalue weighted by Crippen LogP contribution is 2.30. The first kappa shape index (κ1) is 17.4. The highest BCUT2D eigenvalue weighted by molar-refractivity contribution is 7.20. The minimum Gasteiger partial charge on any atom is -0.450 e. The smallest absolute Gasteiger partial charge is 0.349 e. The van der Waals surface area contributed by atoms with E-state index in [-0.39, 0.29) is 11.3 Å². The maximum absolute atomic E-state index is 12.9. The Bertz CT molecular complexity index is 943. The van der Waals surface area contributed by atoms with Gasteiger partial charge in [0.1, 0.15) is 15.5 Å². The van der Waals surface area contributed by atoms with Crippen molar-refractivity contribution in [1.29, 1.82) is 0 Å². The molecule has 138 valence electrons. The predicted molar refractivity (Wildman–Crippen MR) is 98.9 cm³/mol. The Balaban J connectivity index is 1.71. The van der Waals surface area contributed by atoms with Crippen LogP contribution in [0.15, 0.2) is 4.79 Å². The van der Waals surface area contributed by atoms with E-state index in [9.17, 15) is 14.4 Å². The van der Waals surface area contributed by atoms with Crippen molar-refractivity contribution < 1.29 is 14.3 Å². The minimum atomic E-state index is -0.647. The summed E-state index contributed by atoms with van der Waals surface area (Å²) in [5.41, 5.74) is 0.559. The van der Waals surface area contributed by atoms with Crippen LogP contribution in [0.3, 0.4) is 0 Å². The second-order valence-electron chi connectivity index (χ2n) is 7.14. The van der Waals surface area contributed by atoms with Gasteiger partial charge in [-0.05, 0) is 44.6 Å². The van der Waals surface area contributed by atoms with Crippen LogP contribution in [0.1, 0.15) is 66.0 Å². The zero-order valence-electron chi connectivity index (χ0n) is 14.9. The van der Waals surface area contributed by atoms with E-state index in [1.165, 1.54) is 11.3 Å². The molecule has 1 atom stereocenters. The Labute approximate surface area is 155 Å². The number of carbonyl (C=O) groups is 2. The summed E-state index contributed by atoms with van der Waals surface area (Å²) in [6.45, 7) is 2.45. The van der Waals surface area contributed by atoms with Crippen LogP contribution in [0.25, 0.3) is 10.2 Å². The third kappa shape index (κ3) is 2.98. The standard InChI is InChI=1S/C19H22N2O4S/c1-11-15-17(20-14-9-3-2-6-10-21(14)18(15)23)26-16(11)19(24)25-13-8-5-4-7-12(13)22/h13H,2-10H2,1H3. The van der Waals surface area contributed by atoms with E-state index in [0.29, 0.717) is 40.0 Å². The van der Waals surface area contributed by atoms with E-state index in [4.69, 9.17) is 4.74 Å². The van der Waals surface area contributed by atoms with Gasteiger partial charge in [-0.25, -0.2) is 9.78 Å². The Morgan fingerprint density at radius 2 is 1.96 bits per heavy atom. The predicted octanol–water partition coefficient (Wildman–Crippen LogP) is 3.16. The molecular formula is C19H22N2O4S. The summed E-state index contributed by atoms with van der Waals surface area (Å²) < 4.78 is 7.23. The van der Waals surface area contributed by atoms with Crippen molar-refractivity contribution in [3.8, 4) is 0 Å². The Kier molecular flexibility index (Phi) is 4.65. The van der Waals surface area contributed by atoms with E-state index in [1.54, 1.807) is 11.5 Å². The fourth-order valence-electron chi connectivity index (χ4n) is 3.86. The summed E-state index contributed by atoms with van der Waals surface area (Å²) in [4.78, 5) is 43.2. The third-order valence-electron chi connectivity index (χ3n) is 5.34. The van der Waals surface area contributed by atoms with E-state index >= 15 is 0 Å². The third-order valence-corrected chi connectivity index (χ3v) is 6.51. The van der Waals surface area contributed by atoms with Crippen molar-refractivity contribution in [2.45, 2.75) is 70.9 Å². The average molecular weight is 374 g/mol. The second kappa shape index (κ2) is 6.95. The van der Waals surface area contributed by atoms with Gasteiger partial charge in [0.15, 0.2) is 11.9 Å². The van der Waals surface area contributed by atoms with Gasteiger partial charge in [0.2, 0.25) is 0 Å². The molecule has 2 aliphatic rings. The number of hydrogen-bond donors (Lipinski definition) is 0. The van der Waals surface area contributed by atoms with Gasteiger partial charge < -0.3 is 4.74 Å². The summed E-state index contributed by atoms with van der Waals surface area (Å²) >= 11 is 1.21. The topological polar surface area (TPSA) is 78.3 Å². The largest absolute Gasteiger partial charge is 0.450 e. The maximum atomic E-state index is 12.9. The molecule has 1 aliphatic heterocycles. The molecule has 0 radical (unpaired) electrons. The summed E-state index contributed by atoms with van der Waals surface area (Å²) in [6.07, 6.45) is 6.06. The highest BCUT2D eigenvalue weighted by atomic mass is 32.1. The van der Waals surface area contributed by atoms with Crippen LogP contribution in [0.5, 0.6) is 0 Å². The lowest BCUT2D eigenvalue weighted by atomic mass is 9.96. The van der Waals surface area contributed by atoms with Crippen LogP contribution in [0.4, 0.5) is 0 Å². The molecule has 0 amide bonds. The molecule has 1 saturated carbocycles. The lowest BCUT2D eigenvalue weighted by Crippen LogP contribution is -2.30. The number of carbonyl (C=O) groups excluding carboxylic acids is 2. The van der Waals surface area contributed by atoms with Crippen LogP contribution in [-0.4, -0.2) is 27.4 Å².